The van der Waals surface area contributed by atoms with Crippen molar-refractivity contribution in [3.05, 3.63) is 29.3 Å². The Morgan fingerprint density at radius 2 is 2.07 bits per heavy atom. The highest BCUT2D eigenvalue weighted by Crippen LogP contribution is 2.08. The molecule has 1 nitrogen and oxygen atoms in total. The molecule has 78 valence electrons. The molecule has 0 spiro atoms. The molecule has 0 bridgehead atoms. The van der Waals surface area contributed by atoms with Crippen LogP contribution >= 0.6 is 11.6 Å². The fourth-order valence-electron chi connectivity index (χ4n) is 1.45. The fourth-order valence-corrected chi connectivity index (χ4v) is 3.90. The molecule has 0 aliphatic carbocycles. The van der Waals surface area contributed by atoms with Crippen molar-refractivity contribution in [2.75, 3.05) is 12.7 Å². The van der Waals surface area contributed by atoms with Crippen LogP contribution in [-0.4, -0.2) is 20.8 Å². The summed E-state index contributed by atoms with van der Waals surface area (Å²) >= 11 is 5.99. The minimum Gasteiger partial charge on any atom is -0.319 e. The maximum absolute atomic E-state index is 5.99. The third-order valence-electron chi connectivity index (χ3n) is 2.42. The molecular formula is C11H18ClNSi. The zero-order valence-corrected chi connectivity index (χ0v) is 10.9. The first-order valence-electron chi connectivity index (χ1n) is 5.03. The lowest BCUT2D eigenvalue weighted by molar-refractivity contribution is 0.820. The van der Waals surface area contributed by atoms with Crippen LogP contribution in [-0.2, 0) is 0 Å². The molecule has 1 rings (SSSR count). The van der Waals surface area contributed by atoms with Crippen molar-refractivity contribution in [1.29, 1.82) is 0 Å². The van der Waals surface area contributed by atoms with Gasteiger partial charge in [-0.1, -0.05) is 48.9 Å². The summed E-state index contributed by atoms with van der Waals surface area (Å²) in [6.45, 7) is 7.90. The fraction of sp³-hybridized carbons (Fsp3) is 0.455. The Labute approximate surface area is 92.5 Å². The Hall–Kier alpha value is -0.313. The van der Waals surface area contributed by atoms with Crippen molar-refractivity contribution in [3.63, 3.8) is 0 Å². The molecule has 1 aromatic rings. The van der Waals surface area contributed by atoms with E-state index in [2.05, 4.69) is 37.5 Å². The number of nitrogens with one attached hydrogen (secondary N) is 1. The summed E-state index contributed by atoms with van der Waals surface area (Å²) in [7, 11) is -1.33. The second kappa shape index (κ2) is 4.96. The minimum atomic E-state index is -1.33. The average molecular weight is 228 g/mol. The second-order valence-corrected chi connectivity index (χ2v) is 9.31. The standard InChI is InChI=1S/C11H18ClNSi/c1-4-13-9-14(2,3)11-7-5-6-10(12)8-11/h5-8,13H,4,9H2,1-3H3. The maximum atomic E-state index is 5.99. The first-order chi connectivity index (χ1) is 6.56. The van der Waals surface area contributed by atoms with E-state index in [1.165, 1.54) is 5.19 Å². The van der Waals surface area contributed by atoms with Gasteiger partial charge in [-0.25, -0.2) is 0 Å². The second-order valence-electron chi connectivity index (χ2n) is 4.17. The monoisotopic (exact) mass is 227 g/mol. The Morgan fingerprint density at radius 3 is 2.64 bits per heavy atom. The first kappa shape index (κ1) is 11.8. The Morgan fingerprint density at radius 1 is 1.36 bits per heavy atom. The Kier molecular flexibility index (Phi) is 4.17. The summed E-state index contributed by atoms with van der Waals surface area (Å²) in [5.74, 6) is 0. The summed E-state index contributed by atoms with van der Waals surface area (Å²) < 4.78 is 0. The largest absolute Gasteiger partial charge is 0.319 e. The lowest BCUT2D eigenvalue weighted by atomic mass is 10.4. The first-order valence-corrected chi connectivity index (χ1v) is 8.61. The molecule has 0 saturated carbocycles. The van der Waals surface area contributed by atoms with Gasteiger partial charge in [-0.05, 0) is 24.8 Å². The third-order valence-corrected chi connectivity index (χ3v) is 5.67. The van der Waals surface area contributed by atoms with Gasteiger partial charge in [0.15, 0.2) is 0 Å². The van der Waals surface area contributed by atoms with Gasteiger partial charge >= 0.3 is 0 Å². The highest BCUT2D eigenvalue weighted by Gasteiger charge is 2.22. The SMILES string of the molecule is CCNC[Si](C)(C)c1cccc(Cl)c1. The molecule has 1 aromatic carbocycles. The van der Waals surface area contributed by atoms with Gasteiger partial charge in [0.25, 0.3) is 0 Å². The van der Waals surface area contributed by atoms with E-state index < -0.39 is 8.07 Å². The van der Waals surface area contributed by atoms with Crippen LogP contribution in [0.15, 0.2) is 24.3 Å². The molecule has 0 unspecified atom stereocenters. The number of hydrogen-bond acceptors (Lipinski definition) is 1. The Balaban J connectivity index is 2.80. The van der Waals surface area contributed by atoms with Gasteiger partial charge in [0.05, 0.1) is 8.07 Å². The van der Waals surface area contributed by atoms with E-state index in [9.17, 15) is 0 Å². The van der Waals surface area contributed by atoms with Crippen LogP contribution in [0.1, 0.15) is 6.92 Å². The van der Waals surface area contributed by atoms with Crippen LogP contribution in [0, 0.1) is 0 Å². The topological polar surface area (TPSA) is 12.0 Å². The lowest BCUT2D eigenvalue weighted by Gasteiger charge is -2.23. The van der Waals surface area contributed by atoms with E-state index in [0.717, 1.165) is 17.7 Å². The van der Waals surface area contributed by atoms with Crippen molar-refractivity contribution < 1.29 is 0 Å². The van der Waals surface area contributed by atoms with E-state index in [1.54, 1.807) is 0 Å². The highest BCUT2D eigenvalue weighted by molar-refractivity contribution is 6.90. The molecule has 0 fully saturated rings. The molecule has 0 radical (unpaired) electrons. The highest BCUT2D eigenvalue weighted by atomic mass is 35.5. The van der Waals surface area contributed by atoms with E-state index >= 15 is 0 Å². The number of benzene rings is 1. The van der Waals surface area contributed by atoms with Crippen molar-refractivity contribution >= 4 is 24.9 Å². The summed E-state index contributed by atoms with van der Waals surface area (Å²) in [5.41, 5.74) is 0. The summed E-state index contributed by atoms with van der Waals surface area (Å²) in [6, 6.07) is 8.27. The van der Waals surface area contributed by atoms with E-state index in [4.69, 9.17) is 11.6 Å². The summed E-state index contributed by atoms with van der Waals surface area (Å²) in [5, 5.41) is 5.69. The van der Waals surface area contributed by atoms with Gasteiger partial charge in [-0.15, -0.1) is 0 Å². The smallest absolute Gasteiger partial charge is 0.0946 e. The molecule has 0 saturated heterocycles. The molecule has 14 heavy (non-hydrogen) atoms. The van der Waals surface area contributed by atoms with Gasteiger partial charge in [-0.3, -0.25) is 0 Å². The van der Waals surface area contributed by atoms with Gasteiger partial charge in [0.1, 0.15) is 0 Å². The number of hydrogen-bond donors (Lipinski definition) is 1. The van der Waals surface area contributed by atoms with E-state index in [0.29, 0.717) is 0 Å². The number of rotatable bonds is 4. The van der Waals surface area contributed by atoms with Crippen molar-refractivity contribution in [2.24, 2.45) is 0 Å². The summed E-state index contributed by atoms with van der Waals surface area (Å²) in [4.78, 5) is 0. The zero-order valence-electron chi connectivity index (χ0n) is 9.10. The molecule has 0 aromatic heterocycles. The predicted molar refractivity (Wildman–Crippen MR) is 67.1 cm³/mol. The lowest BCUT2D eigenvalue weighted by Crippen LogP contribution is -2.50. The summed E-state index contributed by atoms with van der Waals surface area (Å²) in [6.07, 6.45) is 1.11. The predicted octanol–water partition coefficient (Wildman–Crippen LogP) is 2.40. The zero-order chi connectivity index (χ0) is 10.6. The van der Waals surface area contributed by atoms with Gasteiger partial charge in [0, 0.05) is 5.02 Å². The molecule has 0 aliphatic heterocycles. The van der Waals surface area contributed by atoms with Gasteiger partial charge < -0.3 is 5.32 Å². The molecule has 0 heterocycles. The number of halogens is 1. The normalized spacial score (nSPS) is 11.7. The van der Waals surface area contributed by atoms with Crippen molar-refractivity contribution in [1.82, 2.24) is 5.32 Å². The quantitative estimate of drug-likeness (QED) is 0.780. The Bertz CT molecular complexity index is 299. The average Bonchev–Trinajstić information content (AvgIpc) is 2.15. The maximum Gasteiger partial charge on any atom is 0.0946 e. The van der Waals surface area contributed by atoms with Crippen LogP contribution in [0.4, 0.5) is 0 Å². The van der Waals surface area contributed by atoms with Crippen molar-refractivity contribution in [2.45, 2.75) is 20.0 Å². The van der Waals surface area contributed by atoms with Crippen LogP contribution in [0.25, 0.3) is 0 Å². The molecular weight excluding hydrogens is 210 g/mol. The van der Waals surface area contributed by atoms with E-state index in [-0.39, 0.29) is 0 Å². The molecule has 0 atom stereocenters. The van der Waals surface area contributed by atoms with Crippen LogP contribution in [0.2, 0.25) is 18.1 Å². The van der Waals surface area contributed by atoms with Crippen LogP contribution < -0.4 is 10.5 Å². The van der Waals surface area contributed by atoms with Crippen LogP contribution in [0.5, 0.6) is 0 Å². The molecule has 3 heteroatoms. The molecule has 0 amide bonds. The third kappa shape index (κ3) is 3.12. The van der Waals surface area contributed by atoms with Gasteiger partial charge in [0.2, 0.25) is 0 Å². The molecule has 0 aliphatic rings. The van der Waals surface area contributed by atoms with E-state index in [1.807, 2.05) is 12.1 Å². The van der Waals surface area contributed by atoms with Crippen LogP contribution in [0.3, 0.4) is 0 Å². The van der Waals surface area contributed by atoms with Gasteiger partial charge in [-0.2, -0.15) is 0 Å². The van der Waals surface area contributed by atoms with Crippen molar-refractivity contribution in [3.8, 4) is 0 Å². The minimum absolute atomic E-state index is 0.847. The molecule has 1 N–H and O–H groups in total.